The monoisotopic (exact) mass is 391 g/mol. The van der Waals surface area contributed by atoms with Crippen LogP contribution < -0.4 is 0 Å². The van der Waals surface area contributed by atoms with Gasteiger partial charge in [0.05, 0.1) is 0 Å². The van der Waals surface area contributed by atoms with Gasteiger partial charge in [0.15, 0.2) is 0 Å². The maximum absolute atomic E-state index is 2.44. The molecule has 0 heterocycles. The van der Waals surface area contributed by atoms with Gasteiger partial charge in [0.1, 0.15) is 0 Å². The van der Waals surface area contributed by atoms with Crippen LogP contribution in [-0.4, -0.2) is 0 Å². The third-order valence-corrected chi connectivity index (χ3v) is 5.48. The Morgan fingerprint density at radius 3 is 2.42 bits per heavy atom. The summed E-state index contributed by atoms with van der Waals surface area (Å²) in [6.07, 6.45) is 12.9. The van der Waals surface area contributed by atoms with Crippen molar-refractivity contribution in [3.05, 3.63) is 71.1 Å². The second-order valence-electron chi connectivity index (χ2n) is 7.08. The Labute approximate surface area is 165 Å². The van der Waals surface area contributed by atoms with E-state index in [1.807, 2.05) is 0 Å². The quantitative estimate of drug-likeness (QED) is 0.561. The summed E-state index contributed by atoms with van der Waals surface area (Å²) in [6, 6.07) is 15.8. The first-order valence-corrected chi connectivity index (χ1v) is 9.11. The zero-order chi connectivity index (χ0) is 15.6. The first-order valence-electron chi connectivity index (χ1n) is 9.11. The number of hydrogen-bond acceptors (Lipinski definition) is 0. The fourth-order valence-electron chi connectivity index (χ4n) is 4.13. The molecule has 0 aromatic heterocycles. The van der Waals surface area contributed by atoms with Gasteiger partial charge < -0.3 is 0 Å². The SMILES string of the molecule is CCc1ccc(-c2cccc3c2C=C(CC2CCCC2)[CH]3)cc1.[Zr]. The van der Waals surface area contributed by atoms with E-state index >= 15 is 0 Å². The summed E-state index contributed by atoms with van der Waals surface area (Å²) in [6.45, 7) is 2.21. The van der Waals surface area contributed by atoms with E-state index in [2.05, 4.69) is 61.9 Å². The molecule has 1 fully saturated rings. The van der Waals surface area contributed by atoms with Crippen molar-refractivity contribution < 1.29 is 26.2 Å². The summed E-state index contributed by atoms with van der Waals surface area (Å²) >= 11 is 0. The fraction of sp³-hybridized carbons (Fsp3) is 0.348. The molecule has 0 unspecified atom stereocenters. The van der Waals surface area contributed by atoms with Crippen LogP contribution in [0.15, 0.2) is 48.0 Å². The van der Waals surface area contributed by atoms with Crippen LogP contribution in [0.1, 0.15) is 55.7 Å². The molecule has 121 valence electrons. The van der Waals surface area contributed by atoms with Crippen molar-refractivity contribution in [3.63, 3.8) is 0 Å². The first-order chi connectivity index (χ1) is 11.3. The molecule has 0 amide bonds. The topological polar surface area (TPSA) is 0 Å². The molecule has 24 heavy (non-hydrogen) atoms. The number of benzene rings is 2. The third kappa shape index (κ3) is 3.67. The molecule has 1 radical (unpaired) electrons. The molecule has 2 aliphatic rings. The van der Waals surface area contributed by atoms with Crippen molar-refractivity contribution in [2.45, 2.75) is 45.4 Å². The van der Waals surface area contributed by atoms with E-state index in [9.17, 15) is 0 Å². The molecule has 0 nitrogen and oxygen atoms in total. The Hall–Kier alpha value is -0.937. The minimum Gasteiger partial charge on any atom is -0.0613 e. The zero-order valence-electron chi connectivity index (χ0n) is 14.5. The Balaban J connectivity index is 0.00000169. The van der Waals surface area contributed by atoms with E-state index in [0.717, 1.165) is 12.3 Å². The standard InChI is InChI=1S/C23H25.Zr/c1-2-17-10-12-20(13-11-17)22-9-5-8-21-15-19(16-23(21)22)14-18-6-3-4-7-18;/h5,8-13,15-16,18H,2-4,6-7,14H2,1H3;. The van der Waals surface area contributed by atoms with Gasteiger partial charge in [-0.1, -0.05) is 86.7 Å². The van der Waals surface area contributed by atoms with Crippen LogP contribution in [0, 0.1) is 12.3 Å². The van der Waals surface area contributed by atoms with E-state index in [4.69, 9.17) is 0 Å². The van der Waals surface area contributed by atoms with Crippen LogP contribution in [0.4, 0.5) is 0 Å². The van der Waals surface area contributed by atoms with Gasteiger partial charge >= 0.3 is 0 Å². The number of rotatable bonds is 4. The zero-order valence-corrected chi connectivity index (χ0v) is 17.0. The summed E-state index contributed by atoms with van der Waals surface area (Å²) in [5, 5.41) is 0. The molecule has 2 aliphatic carbocycles. The van der Waals surface area contributed by atoms with Gasteiger partial charge in [0, 0.05) is 32.6 Å². The molecule has 0 bridgehead atoms. The Morgan fingerprint density at radius 2 is 1.71 bits per heavy atom. The van der Waals surface area contributed by atoms with Crippen molar-refractivity contribution >= 4 is 6.08 Å². The molecule has 0 aliphatic heterocycles. The molecule has 0 saturated heterocycles. The summed E-state index contributed by atoms with van der Waals surface area (Å²) in [5.41, 5.74) is 8.48. The number of fused-ring (bicyclic) bond motifs is 1. The van der Waals surface area contributed by atoms with Gasteiger partial charge in [-0.15, -0.1) is 0 Å². The Morgan fingerprint density at radius 1 is 0.958 bits per heavy atom. The molecule has 1 heteroatoms. The normalized spacial score (nSPS) is 16.6. The van der Waals surface area contributed by atoms with Gasteiger partial charge in [-0.3, -0.25) is 0 Å². The second kappa shape index (κ2) is 7.96. The minimum absolute atomic E-state index is 0. The van der Waals surface area contributed by atoms with Gasteiger partial charge in [-0.25, -0.2) is 0 Å². The summed E-state index contributed by atoms with van der Waals surface area (Å²) in [4.78, 5) is 0. The van der Waals surface area contributed by atoms with Gasteiger partial charge in [0.2, 0.25) is 0 Å². The average Bonchev–Trinajstić information content (AvgIpc) is 3.24. The van der Waals surface area contributed by atoms with Gasteiger partial charge in [-0.2, -0.15) is 0 Å². The summed E-state index contributed by atoms with van der Waals surface area (Å²) in [5.74, 6) is 0.916. The maximum atomic E-state index is 2.44. The van der Waals surface area contributed by atoms with Crippen molar-refractivity contribution in [3.8, 4) is 11.1 Å². The minimum atomic E-state index is 0. The van der Waals surface area contributed by atoms with E-state index in [-0.39, 0.29) is 26.2 Å². The van der Waals surface area contributed by atoms with E-state index in [0.29, 0.717) is 0 Å². The maximum Gasteiger partial charge on any atom is 0.0164 e. The molecule has 2 aromatic rings. The van der Waals surface area contributed by atoms with Crippen molar-refractivity contribution in [2.24, 2.45) is 5.92 Å². The molecule has 0 spiro atoms. The van der Waals surface area contributed by atoms with Gasteiger partial charge in [0.25, 0.3) is 0 Å². The summed E-state index contributed by atoms with van der Waals surface area (Å²) in [7, 11) is 0. The molecular formula is C23H25Zr. The van der Waals surface area contributed by atoms with Crippen molar-refractivity contribution in [1.82, 2.24) is 0 Å². The predicted octanol–water partition coefficient (Wildman–Crippen LogP) is 6.44. The van der Waals surface area contributed by atoms with Crippen LogP contribution in [-0.2, 0) is 32.6 Å². The van der Waals surface area contributed by atoms with E-state index < -0.39 is 0 Å². The molecule has 4 rings (SSSR count). The molecule has 0 N–H and O–H groups in total. The number of hydrogen-bond donors (Lipinski definition) is 0. The van der Waals surface area contributed by atoms with Crippen LogP contribution >= 0.6 is 0 Å². The Bertz CT molecular complexity index is 718. The smallest absolute Gasteiger partial charge is 0.0164 e. The van der Waals surface area contributed by atoms with E-state index in [1.165, 1.54) is 65.5 Å². The van der Waals surface area contributed by atoms with Crippen LogP contribution in [0.2, 0.25) is 0 Å². The van der Waals surface area contributed by atoms with Crippen LogP contribution in [0.5, 0.6) is 0 Å². The van der Waals surface area contributed by atoms with Crippen molar-refractivity contribution in [2.75, 3.05) is 0 Å². The number of aryl methyl sites for hydroxylation is 1. The average molecular weight is 393 g/mol. The molecular weight excluding hydrogens is 367 g/mol. The van der Waals surface area contributed by atoms with Crippen molar-refractivity contribution in [1.29, 1.82) is 0 Å². The Kier molecular flexibility index (Phi) is 5.93. The second-order valence-corrected chi connectivity index (χ2v) is 7.08. The third-order valence-electron chi connectivity index (χ3n) is 5.48. The van der Waals surface area contributed by atoms with E-state index in [1.54, 1.807) is 0 Å². The molecule has 1 saturated carbocycles. The largest absolute Gasteiger partial charge is 0.0613 e. The summed E-state index contributed by atoms with van der Waals surface area (Å²) < 4.78 is 0. The van der Waals surface area contributed by atoms with Crippen LogP contribution in [0.25, 0.3) is 17.2 Å². The fourth-order valence-corrected chi connectivity index (χ4v) is 4.13. The number of allylic oxidation sites excluding steroid dienone is 1. The van der Waals surface area contributed by atoms with Gasteiger partial charge in [-0.05, 0) is 46.6 Å². The molecule has 0 atom stereocenters. The predicted molar refractivity (Wildman–Crippen MR) is 99.2 cm³/mol. The molecule has 2 aromatic carbocycles. The van der Waals surface area contributed by atoms with Crippen LogP contribution in [0.3, 0.4) is 0 Å². The first kappa shape index (κ1) is 17.9.